The van der Waals surface area contributed by atoms with Crippen molar-refractivity contribution in [2.24, 2.45) is 0 Å². The van der Waals surface area contributed by atoms with Gasteiger partial charge in [-0.3, -0.25) is 4.79 Å². The zero-order valence-corrected chi connectivity index (χ0v) is 10.0. The summed E-state index contributed by atoms with van der Waals surface area (Å²) in [6.45, 7) is 0.428. The molecule has 0 bridgehead atoms. The number of nitrogens with zero attached hydrogens (tertiary/aromatic N) is 1. The number of aliphatic carboxylic acids is 1. The molecule has 1 aromatic carbocycles. The molecule has 0 saturated heterocycles. The highest BCUT2D eigenvalue weighted by atomic mass is 16.4. The molecule has 1 N–H and O–H groups in total. The summed E-state index contributed by atoms with van der Waals surface area (Å²) >= 11 is 0. The van der Waals surface area contributed by atoms with Gasteiger partial charge >= 0.3 is 5.97 Å². The maximum absolute atomic E-state index is 12.4. The van der Waals surface area contributed by atoms with Gasteiger partial charge in [-0.2, -0.15) is 0 Å². The van der Waals surface area contributed by atoms with Gasteiger partial charge < -0.3 is 9.67 Å². The first-order valence-electron chi connectivity index (χ1n) is 5.91. The van der Waals surface area contributed by atoms with Crippen LogP contribution in [0, 0.1) is 0 Å². The molecule has 0 amide bonds. The lowest BCUT2D eigenvalue weighted by Crippen LogP contribution is -2.09. The standard InChI is InChI=1S/C15H11NO3/c17-14(10-4-2-1-3-5-10)13-7-6-12-11(15(18)19)8-9-16(12)13/h1-8H,9H2,(H,18,19). The summed E-state index contributed by atoms with van der Waals surface area (Å²) in [6.07, 6.45) is 1.62. The Labute approximate surface area is 109 Å². The smallest absolute Gasteiger partial charge is 0.337 e. The van der Waals surface area contributed by atoms with Crippen LogP contribution in [0.4, 0.5) is 0 Å². The lowest BCUT2D eigenvalue weighted by molar-refractivity contribution is -0.130. The molecule has 19 heavy (non-hydrogen) atoms. The molecule has 2 aromatic rings. The van der Waals surface area contributed by atoms with Gasteiger partial charge in [0, 0.05) is 12.1 Å². The second-order valence-electron chi connectivity index (χ2n) is 4.33. The van der Waals surface area contributed by atoms with E-state index >= 15 is 0 Å². The Balaban J connectivity index is 2.01. The Morgan fingerprint density at radius 3 is 2.47 bits per heavy atom. The minimum atomic E-state index is -0.962. The molecule has 2 heterocycles. The number of hydrogen-bond donors (Lipinski definition) is 1. The molecule has 1 aliphatic rings. The summed E-state index contributed by atoms with van der Waals surface area (Å²) in [5.74, 6) is -1.05. The van der Waals surface area contributed by atoms with Crippen molar-refractivity contribution >= 4 is 17.3 Å². The minimum Gasteiger partial charge on any atom is -0.478 e. The molecule has 4 nitrogen and oxygen atoms in total. The summed E-state index contributed by atoms with van der Waals surface area (Å²) in [5, 5.41) is 9.06. The number of carboxylic acid groups (broad SMARTS) is 1. The number of rotatable bonds is 3. The lowest BCUT2D eigenvalue weighted by atomic mass is 10.1. The number of benzene rings is 1. The summed E-state index contributed by atoms with van der Waals surface area (Å²) in [4.78, 5) is 23.4. The SMILES string of the molecule is O=C(O)C1=CCn2c(C(=O)c3ccccc3)ccc21. The molecule has 3 rings (SSSR count). The molecule has 0 unspecified atom stereocenters. The van der Waals surface area contributed by atoms with Gasteiger partial charge in [-0.05, 0) is 18.2 Å². The number of fused-ring (bicyclic) bond motifs is 1. The second-order valence-corrected chi connectivity index (χ2v) is 4.33. The Morgan fingerprint density at radius 1 is 1.05 bits per heavy atom. The Bertz CT molecular complexity index is 695. The summed E-state index contributed by atoms with van der Waals surface area (Å²) in [7, 11) is 0. The van der Waals surface area contributed by atoms with E-state index in [2.05, 4.69) is 0 Å². The largest absolute Gasteiger partial charge is 0.478 e. The predicted molar refractivity (Wildman–Crippen MR) is 69.9 cm³/mol. The number of allylic oxidation sites excluding steroid dienone is 1. The predicted octanol–water partition coefficient (Wildman–Crippen LogP) is 2.20. The normalized spacial score (nSPS) is 12.9. The van der Waals surface area contributed by atoms with Crippen molar-refractivity contribution in [2.75, 3.05) is 0 Å². The summed E-state index contributed by atoms with van der Waals surface area (Å²) in [5.41, 5.74) is 1.97. The van der Waals surface area contributed by atoms with Crippen LogP contribution in [0.25, 0.3) is 5.57 Å². The van der Waals surface area contributed by atoms with Crippen molar-refractivity contribution in [3.63, 3.8) is 0 Å². The van der Waals surface area contributed by atoms with Crippen LogP contribution < -0.4 is 0 Å². The highest BCUT2D eigenvalue weighted by molar-refractivity contribution is 6.16. The minimum absolute atomic E-state index is 0.0908. The molecule has 94 valence electrons. The van der Waals surface area contributed by atoms with E-state index in [4.69, 9.17) is 5.11 Å². The first-order valence-corrected chi connectivity index (χ1v) is 5.91. The van der Waals surface area contributed by atoms with Gasteiger partial charge in [-0.15, -0.1) is 0 Å². The molecule has 0 atom stereocenters. The zero-order chi connectivity index (χ0) is 13.4. The van der Waals surface area contributed by atoms with E-state index in [1.807, 2.05) is 18.2 Å². The number of carbonyl (C=O) groups excluding carboxylic acids is 1. The molecular weight excluding hydrogens is 242 g/mol. The number of aromatic nitrogens is 1. The molecule has 0 radical (unpaired) electrons. The van der Waals surface area contributed by atoms with Crippen LogP contribution in [0.15, 0.2) is 48.5 Å². The van der Waals surface area contributed by atoms with E-state index in [-0.39, 0.29) is 11.4 Å². The third-order valence-electron chi connectivity index (χ3n) is 3.23. The van der Waals surface area contributed by atoms with E-state index in [1.54, 1.807) is 34.9 Å². The molecule has 0 saturated carbocycles. The van der Waals surface area contributed by atoms with Crippen LogP contribution in [0.5, 0.6) is 0 Å². The summed E-state index contributed by atoms with van der Waals surface area (Å²) < 4.78 is 1.73. The Kier molecular flexibility index (Phi) is 2.56. The molecule has 0 aliphatic carbocycles. The third-order valence-corrected chi connectivity index (χ3v) is 3.23. The number of hydrogen-bond acceptors (Lipinski definition) is 2. The van der Waals surface area contributed by atoms with E-state index in [9.17, 15) is 9.59 Å². The van der Waals surface area contributed by atoms with Gasteiger partial charge in [0.15, 0.2) is 0 Å². The van der Waals surface area contributed by atoms with Crippen LogP contribution in [-0.4, -0.2) is 21.4 Å². The van der Waals surface area contributed by atoms with Gasteiger partial charge in [0.1, 0.15) is 0 Å². The molecule has 1 aliphatic heterocycles. The first kappa shape index (κ1) is 11.5. The lowest BCUT2D eigenvalue weighted by Gasteiger charge is -2.05. The third kappa shape index (κ3) is 1.78. The van der Waals surface area contributed by atoms with Crippen molar-refractivity contribution in [3.05, 3.63) is 65.5 Å². The number of carbonyl (C=O) groups is 2. The van der Waals surface area contributed by atoms with Crippen molar-refractivity contribution in [3.8, 4) is 0 Å². The van der Waals surface area contributed by atoms with E-state index in [1.165, 1.54) is 0 Å². The molecule has 4 heteroatoms. The fourth-order valence-corrected chi connectivity index (χ4v) is 2.32. The number of carboxylic acids is 1. The highest BCUT2D eigenvalue weighted by Gasteiger charge is 2.24. The Morgan fingerprint density at radius 2 is 1.79 bits per heavy atom. The fourth-order valence-electron chi connectivity index (χ4n) is 2.32. The van der Waals surface area contributed by atoms with Gasteiger partial charge in [0.2, 0.25) is 5.78 Å². The van der Waals surface area contributed by atoms with E-state index in [0.29, 0.717) is 23.5 Å². The van der Waals surface area contributed by atoms with Crippen LogP contribution >= 0.6 is 0 Å². The van der Waals surface area contributed by atoms with Gasteiger partial charge in [0.25, 0.3) is 0 Å². The van der Waals surface area contributed by atoms with Crippen LogP contribution in [0.1, 0.15) is 21.7 Å². The van der Waals surface area contributed by atoms with Crippen LogP contribution in [-0.2, 0) is 11.3 Å². The van der Waals surface area contributed by atoms with Crippen LogP contribution in [0.3, 0.4) is 0 Å². The van der Waals surface area contributed by atoms with E-state index in [0.717, 1.165) is 0 Å². The molecular formula is C15H11NO3. The van der Waals surface area contributed by atoms with Crippen molar-refractivity contribution in [1.82, 2.24) is 4.57 Å². The number of ketones is 1. The fraction of sp³-hybridized carbons (Fsp3) is 0.0667. The monoisotopic (exact) mass is 253 g/mol. The quantitative estimate of drug-likeness (QED) is 0.853. The van der Waals surface area contributed by atoms with Gasteiger partial charge in [-0.25, -0.2) is 4.79 Å². The zero-order valence-electron chi connectivity index (χ0n) is 10.0. The first-order chi connectivity index (χ1) is 9.18. The van der Waals surface area contributed by atoms with Gasteiger partial charge in [-0.1, -0.05) is 30.3 Å². The van der Waals surface area contributed by atoms with Crippen molar-refractivity contribution in [2.45, 2.75) is 6.54 Å². The molecule has 1 aromatic heterocycles. The van der Waals surface area contributed by atoms with Crippen molar-refractivity contribution < 1.29 is 14.7 Å². The van der Waals surface area contributed by atoms with Crippen LogP contribution in [0.2, 0.25) is 0 Å². The van der Waals surface area contributed by atoms with E-state index < -0.39 is 5.97 Å². The van der Waals surface area contributed by atoms with Gasteiger partial charge in [0.05, 0.1) is 17.0 Å². The molecule has 0 fully saturated rings. The summed E-state index contributed by atoms with van der Waals surface area (Å²) in [6, 6.07) is 12.3. The second kappa shape index (κ2) is 4.24. The van der Waals surface area contributed by atoms with Crippen molar-refractivity contribution in [1.29, 1.82) is 0 Å². The highest BCUT2D eigenvalue weighted by Crippen LogP contribution is 2.26. The molecule has 0 spiro atoms. The maximum Gasteiger partial charge on any atom is 0.337 e. The maximum atomic E-state index is 12.4. The average molecular weight is 253 g/mol. The Hall–Kier alpha value is -2.62. The average Bonchev–Trinajstić information content (AvgIpc) is 2.99. The topological polar surface area (TPSA) is 59.3 Å².